The highest BCUT2D eigenvalue weighted by Gasteiger charge is 2.27. The normalized spacial score (nSPS) is 13.8. The first-order valence-electron chi connectivity index (χ1n) is 10.1. The van der Waals surface area contributed by atoms with Crippen LogP contribution in [0.25, 0.3) is 32.4 Å². The predicted octanol–water partition coefficient (Wildman–Crippen LogP) is 6.23. The first-order chi connectivity index (χ1) is 14.7. The van der Waals surface area contributed by atoms with Crippen LogP contribution < -0.4 is 5.32 Å². The van der Waals surface area contributed by atoms with Gasteiger partial charge < -0.3 is 5.32 Å². The van der Waals surface area contributed by atoms with Gasteiger partial charge in [-0.25, -0.2) is 9.97 Å². The average Bonchev–Trinajstić information content (AvgIpc) is 3.53. The maximum absolute atomic E-state index is 4.94. The van der Waals surface area contributed by atoms with Crippen LogP contribution in [-0.4, -0.2) is 19.9 Å². The molecule has 1 aliphatic rings. The minimum Gasteiger partial charge on any atom is -0.340 e. The number of rotatable bonds is 4. The van der Waals surface area contributed by atoms with Gasteiger partial charge in [0.1, 0.15) is 5.82 Å². The molecule has 0 atom stereocenters. The Balaban J connectivity index is 1.44. The number of thiazole rings is 1. The summed E-state index contributed by atoms with van der Waals surface area (Å²) in [5.74, 6) is 1.48. The van der Waals surface area contributed by atoms with Gasteiger partial charge in [0.25, 0.3) is 0 Å². The first kappa shape index (κ1) is 17.5. The van der Waals surface area contributed by atoms with E-state index in [0.29, 0.717) is 5.92 Å². The second kappa shape index (κ2) is 6.85. The first-order valence-corrected chi connectivity index (χ1v) is 10.9. The number of aromatic nitrogens is 4. The fourth-order valence-electron chi connectivity index (χ4n) is 3.69. The lowest BCUT2D eigenvalue weighted by molar-refractivity contribution is 1.10. The molecule has 1 aliphatic carbocycles. The van der Waals surface area contributed by atoms with Crippen molar-refractivity contribution in [3.63, 3.8) is 0 Å². The van der Waals surface area contributed by atoms with Gasteiger partial charge in [0.05, 0.1) is 26.4 Å². The topological polar surface area (TPSA) is 63.6 Å². The van der Waals surface area contributed by atoms with Crippen LogP contribution in [0, 0.1) is 6.92 Å². The number of hydrogen-bond donors (Lipinski definition) is 1. The number of benzene rings is 1. The minimum absolute atomic E-state index is 0.677. The Morgan fingerprint density at radius 2 is 1.87 bits per heavy atom. The van der Waals surface area contributed by atoms with Crippen LogP contribution in [0.3, 0.4) is 0 Å². The van der Waals surface area contributed by atoms with Crippen molar-refractivity contribution in [2.24, 2.45) is 0 Å². The summed E-state index contributed by atoms with van der Waals surface area (Å²) in [6.07, 6.45) is 6.18. The molecule has 1 fully saturated rings. The van der Waals surface area contributed by atoms with Crippen LogP contribution in [0.15, 0.2) is 60.9 Å². The second-order valence-electron chi connectivity index (χ2n) is 7.75. The van der Waals surface area contributed by atoms with Gasteiger partial charge in [-0.1, -0.05) is 0 Å². The summed E-state index contributed by atoms with van der Waals surface area (Å²) >= 11 is 1.81. The summed E-state index contributed by atoms with van der Waals surface area (Å²) in [5, 5.41) is 5.79. The molecule has 0 unspecified atom stereocenters. The third-order valence-electron chi connectivity index (χ3n) is 5.39. The summed E-state index contributed by atoms with van der Waals surface area (Å²) < 4.78 is 1.21. The molecule has 146 valence electrons. The van der Waals surface area contributed by atoms with Gasteiger partial charge in [-0.15, -0.1) is 11.3 Å². The van der Waals surface area contributed by atoms with E-state index >= 15 is 0 Å². The van der Waals surface area contributed by atoms with Crippen LogP contribution in [0.5, 0.6) is 0 Å². The van der Waals surface area contributed by atoms with Gasteiger partial charge in [0.2, 0.25) is 0 Å². The van der Waals surface area contributed by atoms with Crippen LogP contribution in [-0.2, 0) is 0 Å². The van der Waals surface area contributed by atoms with E-state index in [4.69, 9.17) is 9.97 Å². The molecular weight excluding hydrogens is 390 g/mol. The fourth-order valence-corrected chi connectivity index (χ4v) is 4.86. The van der Waals surface area contributed by atoms with Crippen molar-refractivity contribution >= 4 is 44.0 Å². The molecule has 6 heteroatoms. The van der Waals surface area contributed by atoms with Crippen molar-refractivity contribution in [2.75, 3.05) is 5.32 Å². The third-order valence-corrected chi connectivity index (χ3v) is 6.57. The van der Waals surface area contributed by atoms with Crippen molar-refractivity contribution in [1.82, 2.24) is 19.9 Å². The van der Waals surface area contributed by atoms with E-state index in [0.717, 1.165) is 44.9 Å². The van der Waals surface area contributed by atoms with Crippen LogP contribution in [0.4, 0.5) is 11.5 Å². The van der Waals surface area contributed by atoms with E-state index in [1.165, 1.54) is 22.5 Å². The number of nitrogens with zero attached hydrogens (tertiary/aromatic N) is 4. The van der Waals surface area contributed by atoms with E-state index in [1.807, 2.05) is 54.9 Å². The highest BCUT2D eigenvalue weighted by atomic mass is 32.1. The zero-order chi connectivity index (χ0) is 20.1. The van der Waals surface area contributed by atoms with Gasteiger partial charge >= 0.3 is 0 Å². The van der Waals surface area contributed by atoms with Crippen molar-refractivity contribution < 1.29 is 0 Å². The monoisotopic (exact) mass is 409 g/mol. The lowest BCUT2D eigenvalue weighted by atomic mass is 10.1. The zero-order valence-corrected chi connectivity index (χ0v) is 17.3. The SMILES string of the molecule is Cc1cc(-c2cc3ncccc3c(Nc3ccc4nc(C5CC5)sc4c3)n2)ccn1. The average molecular weight is 410 g/mol. The third kappa shape index (κ3) is 3.19. The molecule has 0 saturated heterocycles. The van der Waals surface area contributed by atoms with E-state index in [1.54, 1.807) is 0 Å². The van der Waals surface area contributed by atoms with Gasteiger partial charge in [0.15, 0.2) is 0 Å². The fraction of sp³-hybridized carbons (Fsp3) is 0.167. The van der Waals surface area contributed by atoms with Crippen molar-refractivity contribution in [1.29, 1.82) is 0 Å². The van der Waals surface area contributed by atoms with E-state index in [2.05, 4.69) is 39.6 Å². The molecule has 1 aromatic carbocycles. The molecular formula is C24H19N5S. The molecule has 5 nitrogen and oxygen atoms in total. The Bertz CT molecular complexity index is 1400. The molecule has 6 rings (SSSR count). The van der Waals surface area contributed by atoms with E-state index in [9.17, 15) is 0 Å². The van der Waals surface area contributed by atoms with Crippen molar-refractivity contribution in [3.8, 4) is 11.3 Å². The number of pyridine rings is 3. The smallest absolute Gasteiger partial charge is 0.140 e. The summed E-state index contributed by atoms with van der Waals surface area (Å²) in [6.45, 7) is 1.99. The van der Waals surface area contributed by atoms with E-state index < -0.39 is 0 Å². The lowest BCUT2D eigenvalue weighted by Crippen LogP contribution is -1.98. The van der Waals surface area contributed by atoms with Crippen LogP contribution in [0.2, 0.25) is 0 Å². The van der Waals surface area contributed by atoms with Crippen LogP contribution >= 0.6 is 11.3 Å². The van der Waals surface area contributed by atoms with Gasteiger partial charge in [0, 0.05) is 40.6 Å². The second-order valence-corrected chi connectivity index (χ2v) is 8.81. The molecule has 0 spiro atoms. The van der Waals surface area contributed by atoms with Gasteiger partial charge in [-0.2, -0.15) is 0 Å². The number of nitrogens with one attached hydrogen (secondary N) is 1. The van der Waals surface area contributed by atoms with E-state index in [-0.39, 0.29) is 0 Å². The molecule has 0 bridgehead atoms. The molecule has 0 amide bonds. The predicted molar refractivity (Wildman–Crippen MR) is 122 cm³/mol. The molecule has 1 N–H and O–H groups in total. The summed E-state index contributed by atoms with van der Waals surface area (Å²) in [7, 11) is 0. The quantitative estimate of drug-likeness (QED) is 0.381. The van der Waals surface area contributed by atoms with Gasteiger partial charge in [-0.3, -0.25) is 9.97 Å². The standard InChI is InChI=1S/C24H19N5S/c1-14-11-16(8-10-25-14)20-13-21-18(3-2-9-26-21)23(28-20)27-17-6-7-19-22(12-17)30-24(29-19)15-4-5-15/h2-3,6-13,15H,4-5H2,1H3,(H,27,28). The minimum atomic E-state index is 0.677. The van der Waals surface area contributed by atoms with Crippen molar-refractivity contribution in [3.05, 3.63) is 71.6 Å². The maximum Gasteiger partial charge on any atom is 0.140 e. The number of hydrogen-bond acceptors (Lipinski definition) is 6. The largest absolute Gasteiger partial charge is 0.340 e. The van der Waals surface area contributed by atoms with Crippen LogP contribution in [0.1, 0.15) is 29.5 Å². The Kier molecular flexibility index (Phi) is 3.99. The molecule has 30 heavy (non-hydrogen) atoms. The highest BCUT2D eigenvalue weighted by Crippen LogP contribution is 2.43. The van der Waals surface area contributed by atoms with Gasteiger partial charge in [-0.05, 0) is 68.3 Å². The molecule has 0 radical (unpaired) electrons. The summed E-state index contributed by atoms with van der Waals surface area (Å²) in [6, 6.07) is 16.4. The molecule has 5 aromatic rings. The highest BCUT2D eigenvalue weighted by molar-refractivity contribution is 7.18. The number of aryl methyl sites for hydroxylation is 1. The number of anilines is 2. The molecule has 4 heterocycles. The Hall–Kier alpha value is -3.38. The van der Waals surface area contributed by atoms with Crippen molar-refractivity contribution in [2.45, 2.75) is 25.7 Å². The number of fused-ring (bicyclic) bond motifs is 2. The zero-order valence-electron chi connectivity index (χ0n) is 16.5. The summed E-state index contributed by atoms with van der Waals surface area (Å²) in [5.41, 5.74) is 5.87. The summed E-state index contributed by atoms with van der Waals surface area (Å²) in [4.78, 5) is 18.6. The lowest BCUT2D eigenvalue weighted by Gasteiger charge is -2.11. The molecule has 4 aromatic heterocycles. The Morgan fingerprint density at radius 3 is 2.73 bits per heavy atom. The Morgan fingerprint density at radius 1 is 0.933 bits per heavy atom. The maximum atomic E-state index is 4.94. The Labute approximate surface area is 177 Å². The molecule has 1 saturated carbocycles. The molecule has 0 aliphatic heterocycles.